The van der Waals surface area contributed by atoms with E-state index in [1.165, 1.54) is 0 Å². The summed E-state index contributed by atoms with van der Waals surface area (Å²) in [5.74, 6) is -0.0427. The molecule has 0 aliphatic heterocycles. The summed E-state index contributed by atoms with van der Waals surface area (Å²) in [6, 6.07) is 11.7. The molecule has 1 atom stereocenters. The summed E-state index contributed by atoms with van der Waals surface area (Å²) in [4.78, 5) is 26.2. The van der Waals surface area contributed by atoms with Crippen molar-refractivity contribution in [2.75, 3.05) is 5.73 Å². The maximum absolute atomic E-state index is 13.5. The lowest BCUT2D eigenvalue weighted by Gasteiger charge is -2.18. The summed E-state index contributed by atoms with van der Waals surface area (Å²) in [5.41, 5.74) is 11.5. The second kappa shape index (κ2) is 8.10. The molecule has 0 bridgehead atoms. The van der Waals surface area contributed by atoms with E-state index in [2.05, 4.69) is 12.1 Å². The van der Waals surface area contributed by atoms with Crippen molar-refractivity contribution in [1.29, 1.82) is 0 Å². The number of hydrogen-bond donors (Lipinski definition) is 1. The van der Waals surface area contributed by atoms with E-state index >= 15 is 0 Å². The van der Waals surface area contributed by atoms with Crippen LogP contribution in [0.1, 0.15) is 55.0 Å². The van der Waals surface area contributed by atoms with Gasteiger partial charge in [-0.3, -0.25) is 9.59 Å². The van der Waals surface area contributed by atoms with E-state index in [-0.39, 0.29) is 17.7 Å². The number of carbonyl (C=O) groups is 2. The highest BCUT2D eigenvalue weighted by molar-refractivity contribution is 6.25. The van der Waals surface area contributed by atoms with Crippen LogP contribution < -0.4 is 5.73 Å². The molecule has 1 aliphatic carbocycles. The first-order chi connectivity index (χ1) is 14.0. The van der Waals surface area contributed by atoms with Gasteiger partial charge in [0, 0.05) is 18.0 Å². The molecule has 0 fully saturated rings. The average molecular weight is 406 g/mol. The topological polar surface area (TPSA) is 69.4 Å². The van der Waals surface area contributed by atoms with Crippen LogP contribution in [0.5, 0.6) is 0 Å². The Balaban J connectivity index is 2.02. The molecule has 0 aromatic heterocycles. The van der Waals surface area contributed by atoms with E-state index in [9.17, 15) is 9.59 Å². The molecule has 4 heteroatoms. The number of carbonyl (C=O) groups excluding carboxylic acids is 2. The van der Waals surface area contributed by atoms with E-state index in [1.54, 1.807) is 0 Å². The van der Waals surface area contributed by atoms with Crippen LogP contribution in [-0.4, -0.2) is 11.8 Å². The number of ketones is 1. The third-order valence-corrected chi connectivity index (χ3v) is 5.54. The Kier molecular flexibility index (Phi) is 5.89. The number of esters is 1. The van der Waals surface area contributed by atoms with Crippen LogP contribution in [0.4, 0.5) is 5.69 Å². The maximum Gasteiger partial charge on any atom is 0.316 e. The molecule has 0 amide bonds. The summed E-state index contributed by atoms with van der Waals surface area (Å²) >= 11 is 0. The number of benzene rings is 2. The van der Waals surface area contributed by atoms with Crippen molar-refractivity contribution >= 4 is 23.0 Å². The van der Waals surface area contributed by atoms with Gasteiger partial charge < -0.3 is 10.5 Å². The first-order valence-corrected chi connectivity index (χ1v) is 10.4. The minimum Gasteiger partial charge on any atom is -0.430 e. The Morgan fingerprint density at radius 2 is 1.63 bits per heavy atom. The minimum atomic E-state index is -0.645. The summed E-state index contributed by atoms with van der Waals surface area (Å²) in [7, 11) is 0. The third-order valence-electron chi connectivity index (χ3n) is 5.54. The van der Waals surface area contributed by atoms with Crippen molar-refractivity contribution in [3.05, 3.63) is 70.0 Å². The number of hydrogen-bond acceptors (Lipinski definition) is 4. The van der Waals surface area contributed by atoms with Gasteiger partial charge in [0.15, 0.2) is 5.78 Å². The van der Waals surface area contributed by atoms with Gasteiger partial charge in [-0.15, -0.1) is 0 Å². The molecule has 4 nitrogen and oxygen atoms in total. The van der Waals surface area contributed by atoms with Crippen molar-refractivity contribution in [3.8, 4) is 0 Å². The number of ether oxygens (including phenoxy) is 1. The highest BCUT2D eigenvalue weighted by Crippen LogP contribution is 2.40. The predicted octanol–water partition coefficient (Wildman–Crippen LogP) is 5.33. The number of anilines is 1. The number of Topliss-reactive ketones (excluding diaryl/α,β-unsaturated/α-hetero) is 1. The fraction of sp³-hybridized carbons (Fsp3) is 0.385. The molecule has 0 spiro atoms. The standard InChI is InChI=1S/C26H31NO3/c1-15-11-16(2)22(17(3)12-15)23-21(30-25(29)26(4,5)6)14-19(24(23)28)13-18-7-9-20(27)10-8-18/h7-12,19H,13-14,27H2,1-6H3. The Labute approximate surface area is 179 Å². The van der Waals surface area contributed by atoms with Crippen molar-refractivity contribution in [3.63, 3.8) is 0 Å². The zero-order valence-corrected chi connectivity index (χ0v) is 18.8. The molecule has 2 aromatic rings. The van der Waals surface area contributed by atoms with E-state index in [0.717, 1.165) is 27.8 Å². The highest BCUT2D eigenvalue weighted by atomic mass is 16.5. The fourth-order valence-electron chi connectivity index (χ4n) is 4.06. The van der Waals surface area contributed by atoms with Crippen LogP contribution in [0, 0.1) is 32.1 Å². The molecule has 3 rings (SSSR count). The van der Waals surface area contributed by atoms with Crippen molar-refractivity contribution in [2.24, 2.45) is 11.3 Å². The molecule has 2 aromatic carbocycles. The van der Waals surface area contributed by atoms with Crippen molar-refractivity contribution in [2.45, 2.75) is 54.4 Å². The molecule has 0 saturated carbocycles. The molecule has 0 radical (unpaired) electrons. The zero-order chi connectivity index (χ0) is 22.2. The summed E-state index contributed by atoms with van der Waals surface area (Å²) < 4.78 is 5.84. The lowest BCUT2D eigenvalue weighted by Crippen LogP contribution is -2.22. The Bertz CT molecular complexity index is 1000. The largest absolute Gasteiger partial charge is 0.430 e. The van der Waals surface area contributed by atoms with Crippen LogP contribution in [0.3, 0.4) is 0 Å². The smallest absolute Gasteiger partial charge is 0.316 e. The van der Waals surface area contributed by atoms with E-state index in [1.807, 2.05) is 65.8 Å². The van der Waals surface area contributed by atoms with Crippen LogP contribution in [0.2, 0.25) is 0 Å². The fourth-order valence-corrected chi connectivity index (χ4v) is 4.06. The number of nitrogen functional groups attached to an aromatic ring is 1. The van der Waals surface area contributed by atoms with Crippen LogP contribution in [0.25, 0.3) is 5.57 Å². The molecule has 158 valence electrons. The quantitative estimate of drug-likeness (QED) is 0.552. The number of rotatable bonds is 4. The van der Waals surface area contributed by atoms with E-state index in [4.69, 9.17) is 10.5 Å². The lowest BCUT2D eigenvalue weighted by atomic mass is 9.89. The van der Waals surface area contributed by atoms with Gasteiger partial charge in [0.05, 0.1) is 11.0 Å². The van der Waals surface area contributed by atoms with Crippen LogP contribution >= 0.6 is 0 Å². The van der Waals surface area contributed by atoms with E-state index in [0.29, 0.717) is 29.9 Å². The van der Waals surface area contributed by atoms with E-state index < -0.39 is 5.41 Å². The predicted molar refractivity (Wildman–Crippen MR) is 121 cm³/mol. The van der Waals surface area contributed by atoms with Crippen molar-refractivity contribution < 1.29 is 14.3 Å². The van der Waals surface area contributed by atoms with Gasteiger partial charge in [-0.25, -0.2) is 0 Å². The van der Waals surface area contributed by atoms with Crippen molar-refractivity contribution in [1.82, 2.24) is 0 Å². The maximum atomic E-state index is 13.5. The van der Waals surface area contributed by atoms with Gasteiger partial charge in [0.2, 0.25) is 0 Å². The molecule has 2 N–H and O–H groups in total. The van der Waals surface area contributed by atoms with Gasteiger partial charge in [-0.05, 0) is 82.3 Å². The summed E-state index contributed by atoms with van der Waals surface area (Å²) in [6.07, 6.45) is 1.01. The monoisotopic (exact) mass is 405 g/mol. The highest BCUT2D eigenvalue weighted by Gasteiger charge is 2.38. The Morgan fingerprint density at radius 3 is 2.17 bits per heavy atom. The molecule has 0 saturated heterocycles. The Morgan fingerprint density at radius 1 is 1.07 bits per heavy atom. The van der Waals surface area contributed by atoms with Gasteiger partial charge in [-0.1, -0.05) is 29.8 Å². The second-order valence-electron chi connectivity index (χ2n) is 9.42. The van der Waals surface area contributed by atoms with Crippen LogP contribution in [0.15, 0.2) is 42.2 Å². The lowest BCUT2D eigenvalue weighted by molar-refractivity contribution is -0.148. The normalized spacial score (nSPS) is 16.9. The van der Waals surface area contributed by atoms with Gasteiger partial charge in [0.1, 0.15) is 5.76 Å². The average Bonchev–Trinajstić information content (AvgIpc) is 2.91. The SMILES string of the molecule is Cc1cc(C)c(C2=C(OC(=O)C(C)(C)C)CC(Cc3ccc(N)cc3)C2=O)c(C)c1. The molecule has 1 aliphatic rings. The number of aryl methyl sites for hydroxylation is 3. The molecule has 0 heterocycles. The second-order valence-corrected chi connectivity index (χ2v) is 9.42. The first kappa shape index (κ1) is 21.8. The molecule has 30 heavy (non-hydrogen) atoms. The first-order valence-electron chi connectivity index (χ1n) is 10.4. The van der Waals surface area contributed by atoms with Gasteiger partial charge in [0.25, 0.3) is 0 Å². The molecular formula is C26H31NO3. The number of nitrogens with two attached hydrogens (primary N) is 1. The molecular weight excluding hydrogens is 374 g/mol. The summed E-state index contributed by atoms with van der Waals surface area (Å²) in [5, 5.41) is 0. The van der Waals surface area contributed by atoms with Crippen LogP contribution in [-0.2, 0) is 20.7 Å². The third kappa shape index (κ3) is 4.48. The molecule has 1 unspecified atom stereocenters. The summed E-state index contributed by atoms with van der Waals surface area (Å²) in [6.45, 7) is 11.5. The zero-order valence-electron chi connectivity index (χ0n) is 18.8. The minimum absolute atomic E-state index is 0.0404. The van der Waals surface area contributed by atoms with Gasteiger partial charge >= 0.3 is 5.97 Å². The number of allylic oxidation sites excluding steroid dienone is 2. The van der Waals surface area contributed by atoms with Gasteiger partial charge in [-0.2, -0.15) is 0 Å². The Hall–Kier alpha value is -2.88.